The Kier molecular flexibility index (Phi) is 3.85. The van der Waals surface area contributed by atoms with E-state index in [1.807, 2.05) is 13.1 Å². The fourth-order valence-corrected chi connectivity index (χ4v) is 4.74. The third-order valence-electron chi connectivity index (χ3n) is 6.32. The maximum absolute atomic E-state index is 12.7. The van der Waals surface area contributed by atoms with Gasteiger partial charge in [-0.2, -0.15) is 4.98 Å². The van der Waals surface area contributed by atoms with E-state index in [0.29, 0.717) is 35.8 Å². The summed E-state index contributed by atoms with van der Waals surface area (Å²) in [5.41, 5.74) is 6.70. The zero-order chi connectivity index (χ0) is 20.2. The Morgan fingerprint density at radius 2 is 2.07 bits per heavy atom. The van der Waals surface area contributed by atoms with Crippen molar-refractivity contribution < 1.29 is 9.32 Å². The number of anilines is 1. The molecule has 2 fully saturated rings. The zero-order valence-electron chi connectivity index (χ0n) is 16.5. The van der Waals surface area contributed by atoms with Gasteiger partial charge in [0.2, 0.25) is 5.89 Å². The minimum Gasteiger partial charge on any atom is -0.371 e. The number of hydrogen-bond acceptors (Lipinski definition) is 8. The lowest BCUT2D eigenvalue weighted by atomic mass is 10.1. The van der Waals surface area contributed by atoms with Gasteiger partial charge in [-0.1, -0.05) is 5.16 Å². The monoisotopic (exact) mass is 403 g/mol. The number of aromatic nitrogens is 4. The van der Waals surface area contributed by atoms with Crippen LogP contribution in [-0.2, 0) is 13.1 Å². The van der Waals surface area contributed by atoms with Crippen LogP contribution in [0.1, 0.15) is 39.4 Å². The Labute approximate surface area is 173 Å². The van der Waals surface area contributed by atoms with E-state index in [9.17, 15) is 4.79 Å². The van der Waals surface area contributed by atoms with E-state index in [2.05, 4.69) is 42.6 Å². The summed E-state index contributed by atoms with van der Waals surface area (Å²) in [5.74, 6) is 2.53. The summed E-state index contributed by atoms with van der Waals surface area (Å²) in [6.07, 6.45) is 3.55. The number of rotatable bonds is 4. The van der Waals surface area contributed by atoms with Gasteiger partial charge >= 0.3 is 0 Å². The summed E-state index contributed by atoms with van der Waals surface area (Å²) >= 11 is 0. The molecule has 1 aliphatic carbocycles. The van der Waals surface area contributed by atoms with E-state index >= 15 is 0 Å². The van der Waals surface area contributed by atoms with Crippen molar-refractivity contribution in [2.75, 3.05) is 18.0 Å². The minimum absolute atomic E-state index is 0.129. The summed E-state index contributed by atoms with van der Waals surface area (Å²) in [6, 6.07) is 7.75. The van der Waals surface area contributed by atoms with Gasteiger partial charge in [-0.15, -0.1) is 0 Å². The number of hydrogen-bond donors (Lipinski definition) is 1. The van der Waals surface area contributed by atoms with Gasteiger partial charge < -0.3 is 9.42 Å². The van der Waals surface area contributed by atoms with Crippen LogP contribution < -0.4 is 10.3 Å². The predicted molar refractivity (Wildman–Crippen MR) is 106 cm³/mol. The largest absolute Gasteiger partial charge is 0.371 e. The third kappa shape index (κ3) is 2.85. The maximum atomic E-state index is 12.7. The zero-order valence-corrected chi connectivity index (χ0v) is 16.5. The van der Waals surface area contributed by atoms with Crippen molar-refractivity contribution in [2.45, 2.75) is 25.9 Å². The highest BCUT2D eigenvalue weighted by Gasteiger charge is 2.58. The summed E-state index contributed by atoms with van der Waals surface area (Å²) in [5, 5.41) is 5.73. The number of nitrogens with zero attached hydrogens (tertiary/aromatic N) is 6. The molecule has 9 nitrogen and oxygen atoms in total. The van der Waals surface area contributed by atoms with Gasteiger partial charge in [-0.25, -0.2) is 5.43 Å². The first kappa shape index (κ1) is 17.5. The van der Waals surface area contributed by atoms with Crippen LogP contribution in [0.15, 0.2) is 41.2 Å². The second-order valence-corrected chi connectivity index (χ2v) is 8.18. The van der Waals surface area contributed by atoms with Crippen LogP contribution in [-0.4, -0.2) is 44.1 Å². The van der Waals surface area contributed by atoms with Gasteiger partial charge in [-0.05, 0) is 43.0 Å². The topological polar surface area (TPSA) is 100 Å². The molecular formula is C21H21N7O2. The van der Waals surface area contributed by atoms with Crippen molar-refractivity contribution in [3.8, 4) is 0 Å². The van der Waals surface area contributed by atoms with Gasteiger partial charge in [0.25, 0.3) is 5.91 Å². The maximum Gasteiger partial charge on any atom is 0.270 e. The highest BCUT2D eigenvalue weighted by Crippen LogP contribution is 2.57. The molecule has 2 aliphatic heterocycles. The van der Waals surface area contributed by atoms with Gasteiger partial charge in [0, 0.05) is 42.8 Å². The van der Waals surface area contributed by atoms with Crippen LogP contribution in [0.2, 0.25) is 0 Å². The summed E-state index contributed by atoms with van der Waals surface area (Å²) < 4.78 is 5.46. The molecule has 1 saturated heterocycles. The Balaban J connectivity index is 1.11. The minimum atomic E-state index is -0.129. The van der Waals surface area contributed by atoms with E-state index < -0.39 is 0 Å². The molecule has 2 atom stereocenters. The molecule has 1 N–H and O–H groups in total. The molecule has 0 bridgehead atoms. The fourth-order valence-electron chi connectivity index (χ4n) is 4.74. The molecule has 0 radical (unpaired) electrons. The van der Waals surface area contributed by atoms with Crippen molar-refractivity contribution >= 4 is 11.6 Å². The molecular weight excluding hydrogens is 382 g/mol. The number of pyridine rings is 2. The van der Waals surface area contributed by atoms with Crippen LogP contribution in [0.25, 0.3) is 0 Å². The standard InChI is InChI=1S/C21H21N7O2/c1-12-7-13(4-6-22-12)27-9-15-16(10-27)19(15)20-25-18(30-26-20)11-28-21(29)14-3-2-5-23-17(14)8-24-28/h2-7,15-16,19,24H,8-11H2,1H3. The number of fused-ring (bicyclic) bond motifs is 2. The lowest BCUT2D eigenvalue weighted by Crippen LogP contribution is -2.46. The molecule has 0 spiro atoms. The van der Waals surface area contributed by atoms with Gasteiger partial charge in [0.05, 0.1) is 17.8 Å². The Bertz CT molecular complexity index is 1120. The second kappa shape index (κ2) is 6.60. The predicted octanol–water partition coefficient (Wildman–Crippen LogP) is 1.68. The molecule has 2 unspecified atom stereocenters. The van der Waals surface area contributed by atoms with Crippen molar-refractivity contribution in [2.24, 2.45) is 11.8 Å². The van der Waals surface area contributed by atoms with Crippen molar-refractivity contribution in [1.82, 2.24) is 30.5 Å². The van der Waals surface area contributed by atoms with Gasteiger partial charge in [0.1, 0.15) is 6.54 Å². The number of hydrazine groups is 1. The first-order valence-corrected chi connectivity index (χ1v) is 10.2. The Morgan fingerprint density at radius 1 is 1.20 bits per heavy atom. The van der Waals surface area contributed by atoms with E-state index in [1.54, 1.807) is 18.3 Å². The number of nitrogens with one attached hydrogen (secondary N) is 1. The average Bonchev–Trinajstić information content (AvgIpc) is 3.10. The molecule has 30 heavy (non-hydrogen) atoms. The lowest BCUT2D eigenvalue weighted by molar-refractivity contribution is 0.0571. The smallest absolute Gasteiger partial charge is 0.270 e. The SMILES string of the molecule is Cc1cc(N2CC3C(C2)C3c2noc(CN3NCc4ncccc4C3=O)n2)ccn1. The Morgan fingerprint density at radius 3 is 2.90 bits per heavy atom. The number of aryl methyl sites for hydroxylation is 1. The van der Waals surface area contributed by atoms with Crippen LogP contribution in [0.3, 0.4) is 0 Å². The first-order chi connectivity index (χ1) is 14.7. The molecule has 3 aliphatic rings. The summed E-state index contributed by atoms with van der Waals surface area (Å²) in [6.45, 7) is 4.75. The van der Waals surface area contributed by atoms with Crippen molar-refractivity contribution in [3.63, 3.8) is 0 Å². The van der Waals surface area contributed by atoms with Crippen molar-refractivity contribution in [3.05, 3.63) is 65.3 Å². The molecule has 3 aromatic heterocycles. The van der Waals surface area contributed by atoms with Crippen LogP contribution in [0.4, 0.5) is 5.69 Å². The normalized spacial score (nSPS) is 24.7. The van der Waals surface area contributed by atoms with E-state index in [-0.39, 0.29) is 12.5 Å². The molecule has 1 saturated carbocycles. The van der Waals surface area contributed by atoms with Gasteiger partial charge in [0.15, 0.2) is 5.82 Å². The average molecular weight is 403 g/mol. The van der Waals surface area contributed by atoms with E-state index in [0.717, 1.165) is 30.3 Å². The summed E-state index contributed by atoms with van der Waals surface area (Å²) in [4.78, 5) is 28.2. The Hall–Kier alpha value is -3.33. The molecule has 9 heteroatoms. The number of amides is 1. The molecule has 6 rings (SSSR count). The fraction of sp³-hybridized carbons (Fsp3) is 0.381. The number of carbonyl (C=O) groups is 1. The van der Waals surface area contributed by atoms with Crippen LogP contribution in [0, 0.1) is 18.8 Å². The van der Waals surface area contributed by atoms with Crippen molar-refractivity contribution in [1.29, 1.82) is 0 Å². The summed E-state index contributed by atoms with van der Waals surface area (Å²) in [7, 11) is 0. The molecule has 0 aromatic carbocycles. The first-order valence-electron chi connectivity index (χ1n) is 10.2. The highest BCUT2D eigenvalue weighted by atomic mass is 16.5. The van der Waals surface area contributed by atoms with Gasteiger partial charge in [-0.3, -0.25) is 19.8 Å². The van der Waals surface area contributed by atoms with Crippen LogP contribution in [0.5, 0.6) is 0 Å². The molecule has 152 valence electrons. The number of piperidine rings is 1. The molecule has 3 aromatic rings. The lowest BCUT2D eigenvalue weighted by Gasteiger charge is -2.27. The van der Waals surface area contributed by atoms with E-state index in [1.165, 1.54) is 10.7 Å². The van der Waals surface area contributed by atoms with Crippen LogP contribution >= 0.6 is 0 Å². The quantitative estimate of drug-likeness (QED) is 0.702. The third-order valence-corrected chi connectivity index (χ3v) is 6.32. The molecule has 1 amide bonds. The second-order valence-electron chi connectivity index (χ2n) is 8.18. The highest BCUT2D eigenvalue weighted by molar-refractivity contribution is 5.95. The molecule has 5 heterocycles. The van der Waals surface area contributed by atoms with E-state index in [4.69, 9.17) is 4.52 Å². The number of carbonyl (C=O) groups excluding carboxylic acids is 1.